The van der Waals surface area contributed by atoms with Crippen molar-refractivity contribution in [2.45, 2.75) is 12.5 Å². The lowest BCUT2D eigenvalue weighted by Gasteiger charge is -2.09. The van der Waals surface area contributed by atoms with E-state index in [1.54, 1.807) is 7.05 Å². The quantitative estimate of drug-likeness (QED) is 0.646. The molecule has 0 aliphatic heterocycles. The summed E-state index contributed by atoms with van der Waals surface area (Å²) in [5.74, 6) is -0.696. The van der Waals surface area contributed by atoms with Gasteiger partial charge in [-0.05, 0) is 0 Å². The third-order valence-electron chi connectivity index (χ3n) is 1.83. The van der Waals surface area contributed by atoms with Crippen LogP contribution in [0.5, 0.6) is 0 Å². The van der Waals surface area contributed by atoms with Crippen LogP contribution in [0.4, 0.5) is 14.5 Å². The van der Waals surface area contributed by atoms with Gasteiger partial charge in [0.1, 0.15) is 6.10 Å². The molecule has 16 heavy (non-hydrogen) atoms. The van der Waals surface area contributed by atoms with Crippen LogP contribution in [0.3, 0.4) is 0 Å². The number of carbonyl (C=O) groups is 1. The average Bonchev–Trinajstić information content (AvgIpc) is 2.53. The molecule has 0 aliphatic rings. The lowest BCUT2D eigenvalue weighted by molar-refractivity contribution is -0.00272. The van der Waals surface area contributed by atoms with E-state index >= 15 is 0 Å². The molecule has 1 heterocycles. The summed E-state index contributed by atoms with van der Waals surface area (Å²) in [6, 6.07) is 0. The monoisotopic (exact) mass is 234 g/mol. The number of nitrogen functional groups attached to an aromatic ring is 1. The van der Waals surface area contributed by atoms with Crippen LogP contribution in [-0.2, 0) is 7.05 Å². The van der Waals surface area contributed by atoms with Crippen molar-refractivity contribution < 1.29 is 18.7 Å². The number of anilines is 1. The van der Waals surface area contributed by atoms with E-state index in [-0.39, 0.29) is 11.4 Å². The lowest BCUT2D eigenvalue weighted by atomic mass is 10.3. The van der Waals surface area contributed by atoms with Crippen molar-refractivity contribution in [1.82, 2.24) is 15.1 Å². The first-order chi connectivity index (χ1) is 7.41. The summed E-state index contributed by atoms with van der Waals surface area (Å²) in [5, 5.41) is 14.6. The Bertz CT molecular complexity index is 380. The molecule has 1 amide bonds. The smallest absolute Gasteiger partial charge is 0.274 e. The normalized spacial score (nSPS) is 12.8. The zero-order valence-electron chi connectivity index (χ0n) is 8.52. The Kier molecular flexibility index (Phi) is 3.78. The number of aliphatic hydroxyl groups excluding tert-OH is 1. The summed E-state index contributed by atoms with van der Waals surface area (Å²) < 4.78 is 25.2. The van der Waals surface area contributed by atoms with Crippen molar-refractivity contribution in [3.8, 4) is 0 Å². The average molecular weight is 234 g/mol. The Morgan fingerprint density at radius 3 is 2.81 bits per heavy atom. The molecule has 0 saturated carbocycles. The number of nitrogens with zero attached hydrogens (tertiary/aromatic N) is 2. The van der Waals surface area contributed by atoms with Gasteiger partial charge in [-0.2, -0.15) is 5.10 Å². The van der Waals surface area contributed by atoms with Crippen molar-refractivity contribution in [2.75, 3.05) is 12.3 Å². The number of aromatic nitrogens is 2. The number of alkyl halides is 2. The molecule has 90 valence electrons. The summed E-state index contributed by atoms with van der Waals surface area (Å²) in [6.45, 7) is -0.549. The van der Waals surface area contributed by atoms with Gasteiger partial charge < -0.3 is 16.2 Å². The third-order valence-corrected chi connectivity index (χ3v) is 1.83. The molecule has 1 rings (SSSR count). The first-order valence-electron chi connectivity index (χ1n) is 4.45. The molecule has 1 aromatic rings. The standard InChI is InChI=1S/C8H12F2N4O2/c1-14-3-4(11)6(13-14)8(16)12-2-5(15)7(9)10/h3,5,7,15H,2,11H2,1H3,(H,12,16). The summed E-state index contributed by atoms with van der Waals surface area (Å²) in [5.41, 5.74) is 5.55. The molecule has 0 fully saturated rings. The van der Waals surface area contributed by atoms with Crippen molar-refractivity contribution in [3.05, 3.63) is 11.9 Å². The van der Waals surface area contributed by atoms with Gasteiger partial charge in [-0.15, -0.1) is 0 Å². The van der Waals surface area contributed by atoms with E-state index in [1.165, 1.54) is 10.9 Å². The molecule has 0 spiro atoms. The van der Waals surface area contributed by atoms with Crippen LogP contribution >= 0.6 is 0 Å². The molecular formula is C8H12F2N4O2. The molecule has 4 N–H and O–H groups in total. The van der Waals surface area contributed by atoms with Crippen LogP contribution in [-0.4, -0.2) is 39.9 Å². The molecule has 1 aromatic heterocycles. The predicted molar refractivity (Wildman–Crippen MR) is 52.0 cm³/mol. The summed E-state index contributed by atoms with van der Waals surface area (Å²) in [4.78, 5) is 11.4. The SMILES string of the molecule is Cn1cc(N)c(C(=O)NCC(O)C(F)F)n1. The number of hydrogen-bond acceptors (Lipinski definition) is 4. The number of hydrogen-bond donors (Lipinski definition) is 3. The number of nitrogens with one attached hydrogen (secondary N) is 1. The predicted octanol–water partition coefficient (Wildman–Crippen LogP) is -0.642. The number of carbonyl (C=O) groups excluding carboxylic acids is 1. The van der Waals surface area contributed by atoms with Gasteiger partial charge in [-0.3, -0.25) is 9.48 Å². The highest BCUT2D eigenvalue weighted by Crippen LogP contribution is 2.07. The minimum atomic E-state index is -2.90. The van der Waals surface area contributed by atoms with Gasteiger partial charge in [-0.1, -0.05) is 0 Å². The zero-order chi connectivity index (χ0) is 12.3. The first-order valence-corrected chi connectivity index (χ1v) is 4.45. The van der Waals surface area contributed by atoms with Gasteiger partial charge in [-0.25, -0.2) is 8.78 Å². The topological polar surface area (TPSA) is 93.2 Å². The van der Waals surface area contributed by atoms with E-state index < -0.39 is 25.0 Å². The zero-order valence-corrected chi connectivity index (χ0v) is 8.52. The van der Waals surface area contributed by atoms with E-state index in [0.717, 1.165) is 0 Å². The number of aryl methyl sites for hydroxylation is 1. The Morgan fingerprint density at radius 1 is 1.75 bits per heavy atom. The number of rotatable bonds is 4. The van der Waals surface area contributed by atoms with Crippen LogP contribution < -0.4 is 11.1 Å². The van der Waals surface area contributed by atoms with Crippen molar-refractivity contribution in [1.29, 1.82) is 0 Å². The lowest BCUT2D eigenvalue weighted by Crippen LogP contribution is -2.36. The summed E-state index contributed by atoms with van der Waals surface area (Å²) in [7, 11) is 1.57. The van der Waals surface area contributed by atoms with Crippen LogP contribution in [0.15, 0.2) is 6.20 Å². The minimum Gasteiger partial charge on any atom is -0.396 e. The Balaban J connectivity index is 2.56. The number of amides is 1. The number of aliphatic hydroxyl groups is 1. The van der Waals surface area contributed by atoms with Gasteiger partial charge in [0.2, 0.25) is 0 Å². The maximum absolute atomic E-state index is 11.9. The molecule has 1 unspecified atom stereocenters. The second-order valence-electron chi connectivity index (χ2n) is 3.22. The van der Waals surface area contributed by atoms with E-state index in [4.69, 9.17) is 10.8 Å². The summed E-state index contributed by atoms with van der Waals surface area (Å²) >= 11 is 0. The highest BCUT2D eigenvalue weighted by atomic mass is 19.3. The van der Waals surface area contributed by atoms with Crippen molar-refractivity contribution >= 4 is 11.6 Å². The molecular weight excluding hydrogens is 222 g/mol. The first kappa shape index (κ1) is 12.4. The molecule has 1 atom stereocenters. The summed E-state index contributed by atoms with van der Waals surface area (Å²) in [6.07, 6.45) is -3.38. The van der Waals surface area contributed by atoms with Crippen LogP contribution in [0.2, 0.25) is 0 Å². The molecule has 0 radical (unpaired) electrons. The van der Waals surface area contributed by atoms with Crippen LogP contribution in [0.25, 0.3) is 0 Å². The highest BCUT2D eigenvalue weighted by molar-refractivity contribution is 5.96. The second-order valence-corrected chi connectivity index (χ2v) is 3.22. The van der Waals surface area contributed by atoms with Gasteiger partial charge in [0, 0.05) is 19.8 Å². The van der Waals surface area contributed by atoms with E-state index in [0.29, 0.717) is 0 Å². The second kappa shape index (κ2) is 4.88. The minimum absolute atomic E-state index is 0.0519. The molecule has 8 heteroatoms. The van der Waals surface area contributed by atoms with Gasteiger partial charge in [0.25, 0.3) is 12.3 Å². The van der Waals surface area contributed by atoms with Gasteiger partial charge in [0.15, 0.2) is 5.69 Å². The van der Waals surface area contributed by atoms with E-state index in [2.05, 4.69) is 10.4 Å². The molecule has 6 nitrogen and oxygen atoms in total. The maximum Gasteiger partial charge on any atom is 0.274 e. The van der Waals surface area contributed by atoms with Gasteiger partial charge >= 0.3 is 0 Å². The number of nitrogens with two attached hydrogens (primary N) is 1. The third kappa shape index (κ3) is 2.89. The van der Waals surface area contributed by atoms with Gasteiger partial charge in [0.05, 0.1) is 5.69 Å². The van der Waals surface area contributed by atoms with Crippen LogP contribution in [0.1, 0.15) is 10.5 Å². The fourth-order valence-electron chi connectivity index (χ4n) is 1.05. The van der Waals surface area contributed by atoms with Crippen LogP contribution in [0, 0.1) is 0 Å². The molecule has 0 aliphatic carbocycles. The van der Waals surface area contributed by atoms with E-state index in [9.17, 15) is 13.6 Å². The fraction of sp³-hybridized carbons (Fsp3) is 0.500. The molecule has 0 saturated heterocycles. The fourth-order valence-corrected chi connectivity index (χ4v) is 1.05. The molecule has 0 bridgehead atoms. The Morgan fingerprint density at radius 2 is 2.38 bits per heavy atom. The largest absolute Gasteiger partial charge is 0.396 e. The highest BCUT2D eigenvalue weighted by Gasteiger charge is 2.19. The van der Waals surface area contributed by atoms with Crippen molar-refractivity contribution in [3.63, 3.8) is 0 Å². The Hall–Kier alpha value is -1.70. The molecule has 0 aromatic carbocycles. The maximum atomic E-state index is 11.9. The van der Waals surface area contributed by atoms with Crippen molar-refractivity contribution in [2.24, 2.45) is 7.05 Å². The number of halogens is 2. The Labute approximate surface area is 90.0 Å². The van der Waals surface area contributed by atoms with E-state index in [1.807, 2.05) is 0 Å².